The molecule has 1 aromatic heterocycles. The summed E-state index contributed by atoms with van der Waals surface area (Å²) in [5, 5.41) is 10.7. The molecule has 1 unspecified atom stereocenters. The Morgan fingerprint density at radius 2 is 1.96 bits per heavy atom. The van der Waals surface area contributed by atoms with Crippen LogP contribution in [0, 0.1) is 0 Å². The van der Waals surface area contributed by atoms with Gasteiger partial charge in [0.2, 0.25) is 5.91 Å². The molecule has 132 valence electrons. The number of aromatic nitrogens is 1. The van der Waals surface area contributed by atoms with Crippen molar-refractivity contribution in [1.29, 1.82) is 0 Å². The molecule has 2 heterocycles. The average molecular weight is 338 g/mol. The zero-order valence-corrected chi connectivity index (χ0v) is 14.8. The fourth-order valence-corrected chi connectivity index (χ4v) is 4.67. The number of rotatable bonds is 3. The number of carbonyl (C=O) groups excluding carboxylic acids is 1. The summed E-state index contributed by atoms with van der Waals surface area (Å²) in [4.78, 5) is 14.6. The fourth-order valence-electron chi connectivity index (χ4n) is 4.67. The molecule has 1 atom stereocenters. The second-order valence-electron chi connectivity index (χ2n) is 7.52. The number of benzene rings is 1. The number of carbonyl (C=O) groups is 1. The van der Waals surface area contributed by atoms with Gasteiger partial charge in [-0.05, 0) is 48.9 Å². The molecule has 4 nitrogen and oxygen atoms in total. The van der Waals surface area contributed by atoms with Crippen LogP contribution in [0.15, 0.2) is 42.6 Å². The maximum absolute atomic E-state index is 12.6. The Labute approximate surface area is 149 Å². The fraction of sp³-hybridized carbons (Fsp3) is 0.476. The molecule has 1 N–H and O–H groups in total. The first-order chi connectivity index (χ1) is 12.1. The Bertz CT molecular complexity index is 772. The molecule has 2 aliphatic rings. The van der Waals surface area contributed by atoms with Crippen LogP contribution in [0.5, 0.6) is 0 Å². The Morgan fingerprint density at radius 1 is 1.20 bits per heavy atom. The highest BCUT2D eigenvalue weighted by Crippen LogP contribution is 2.46. The number of fused-ring (bicyclic) bond motifs is 2. The minimum absolute atomic E-state index is 0.147. The monoisotopic (exact) mass is 338 g/mol. The van der Waals surface area contributed by atoms with Crippen molar-refractivity contribution in [2.75, 3.05) is 13.1 Å². The molecule has 0 saturated carbocycles. The average Bonchev–Trinajstić information content (AvgIpc) is 3.15. The summed E-state index contributed by atoms with van der Waals surface area (Å²) < 4.78 is 2.07. The molecule has 1 aromatic carbocycles. The standard InChI is InChI=1S/C21H26N2O2/c1-22-12-4-6-17(22)8-9-20(25)23-13-10-21(11-14-23)18-7-3-2-5-16(18)15-19(21)24/h2-7,12,19,24H,8-11,13-15H2,1H3. The first kappa shape index (κ1) is 16.4. The van der Waals surface area contributed by atoms with Crippen LogP contribution < -0.4 is 0 Å². The lowest BCUT2D eigenvalue weighted by molar-refractivity contribution is -0.133. The van der Waals surface area contributed by atoms with Gasteiger partial charge in [-0.15, -0.1) is 0 Å². The number of hydrogen-bond acceptors (Lipinski definition) is 2. The third-order valence-corrected chi connectivity index (χ3v) is 6.26. The molecule has 1 saturated heterocycles. The third kappa shape index (κ3) is 2.78. The summed E-state index contributed by atoms with van der Waals surface area (Å²) in [6, 6.07) is 12.5. The Kier molecular flexibility index (Phi) is 4.16. The lowest BCUT2D eigenvalue weighted by Gasteiger charge is -2.42. The summed E-state index contributed by atoms with van der Waals surface area (Å²) in [6.07, 6.45) is 5.52. The molecule has 1 fully saturated rings. The van der Waals surface area contributed by atoms with E-state index in [0.717, 1.165) is 38.8 Å². The minimum atomic E-state index is -0.314. The lowest BCUT2D eigenvalue weighted by atomic mass is 9.72. The minimum Gasteiger partial charge on any atom is -0.392 e. The molecule has 1 aliphatic carbocycles. The van der Waals surface area contributed by atoms with Gasteiger partial charge < -0.3 is 14.6 Å². The summed E-state index contributed by atoms with van der Waals surface area (Å²) >= 11 is 0. The van der Waals surface area contributed by atoms with Crippen molar-refractivity contribution >= 4 is 5.91 Å². The van der Waals surface area contributed by atoms with Gasteiger partial charge in [0.1, 0.15) is 0 Å². The SMILES string of the molecule is Cn1cccc1CCC(=O)N1CCC2(CC1)c1ccccc1CC2O. The van der Waals surface area contributed by atoms with Crippen LogP contribution >= 0.6 is 0 Å². The lowest BCUT2D eigenvalue weighted by Crippen LogP contribution is -2.49. The third-order valence-electron chi connectivity index (χ3n) is 6.26. The molecule has 1 aliphatic heterocycles. The predicted octanol–water partition coefficient (Wildman–Crippen LogP) is 2.44. The Hall–Kier alpha value is -2.07. The van der Waals surface area contributed by atoms with Crippen LogP contribution in [0.25, 0.3) is 0 Å². The van der Waals surface area contributed by atoms with Gasteiger partial charge in [0.05, 0.1) is 6.10 Å². The molecule has 1 amide bonds. The van der Waals surface area contributed by atoms with E-state index in [0.29, 0.717) is 6.42 Å². The van der Waals surface area contributed by atoms with Crippen molar-refractivity contribution in [2.24, 2.45) is 7.05 Å². The zero-order valence-electron chi connectivity index (χ0n) is 14.8. The number of hydrogen-bond donors (Lipinski definition) is 1. The number of likely N-dealkylation sites (tertiary alicyclic amines) is 1. The van der Waals surface area contributed by atoms with Crippen LogP contribution in [0.3, 0.4) is 0 Å². The highest BCUT2D eigenvalue weighted by molar-refractivity contribution is 5.76. The number of piperidine rings is 1. The van der Waals surface area contributed by atoms with Crippen LogP contribution in [0.4, 0.5) is 0 Å². The molecule has 2 aromatic rings. The van der Waals surface area contributed by atoms with Gasteiger partial charge >= 0.3 is 0 Å². The van der Waals surface area contributed by atoms with Gasteiger partial charge in [-0.1, -0.05) is 24.3 Å². The maximum Gasteiger partial charge on any atom is 0.222 e. The number of aryl methyl sites for hydroxylation is 2. The van der Waals surface area contributed by atoms with Crippen LogP contribution in [-0.2, 0) is 30.1 Å². The molecule has 0 bridgehead atoms. The number of aliphatic hydroxyl groups is 1. The number of amides is 1. The summed E-state index contributed by atoms with van der Waals surface area (Å²) in [6.45, 7) is 1.49. The van der Waals surface area contributed by atoms with E-state index >= 15 is 0 Å². The van der Waals surface area contributed by atoms with E-state index in [-0.39, 0.29) is 17.4 Å². The van der Waals surface area contributed by atoms with Crippen LogP contribution in [0.1, 0.15) is 36.1 Å². The normalized spacial score (nSPS) is 21.5. The highest BCUT2D eigenvalue weighted by atomic mass is 16.3. The van der Waals surface area contributed by atoms with Crippen molar-refractivity contribution in [3.05, 3.63) is 59.4 Å². The maximum atomic E-state index is 12.6. The van der Waals surface area contributed by atoms with Crippen molar-refractivity contribution in [3.8, 4) is 0 Å². The van der Waals surface area contributed by atoms with Gasteiger partial charge in [-0.25, -0.2) is 0 Å². The summed E-state index contributed by atoms with van der Waals surface area (Å²) in [5.74, 6) is 0.233. The number of nitrogens with zero attached hydrogens (tertiary/aromatic N) is 2. The zero-order chi connectivity index (χ0) is 17.4. The van der Waals surface area contributed by atoms with E-state index in [1.807, 2.05) is 30.3 Å². The summed E-state index contributed by atoms with van der Waals surface area (Å²) in [7, 11) is 2.02. The van der Waals surface area contributed by atoms with E-state index in [1.54, 1.807) is 0 Å². The van der Waals surface area contributed by atoms with Crippen molar-refractivity contribution in [3.63, 3.8) is 0 Å². The van der Waals surface area contributed by atoms with E-state index in [2.05, 4.69) is 28.8 Å². The van der Waals surface area contributed by atoms with Crippen molar-refractivity contribution < 1.29 is 9.90 Å². The molecule has 4 rings (SSSR count). The van der Waals surface area contributed by atoms with Gasteiger partial charge in [-0.3, -0.25) is 4.79 Å². The van der Waals surface area contributed by atoms with E-state index in [1.165, 1.54) is 16.8 Å². The van der Waals surface area contributed by atoms with Crippen molar-refractivity contribution in [1.82, 2.24) is 9.47 Å². The molecular weight excluding hydrogens is 312 g/mol. The van der Waals surface area contributed by atoms with Gasteiger partial charge in [-0.2, -0.15) is 0 Å². The van der Waals surface area contributed by atoms with E-state index in [9.17, 15) is 9.90 Å². The number of aliphatic hydroxyl groups excluding tert-OH is 1. The quantitative estimate of drug-likeness (QED) is 0.934. The van der Waals surface area contributed by atoms with Crippen LogP contribution in [0.2, 0.25) is 0 Å². The highest BCUT2D eigenvalue weighted by Gasteiger charge is 2.47. The Morgan fingerprint density at radius 3 is 2.68 bits per heavy atom. The first-order valence-electron chi connectivity index (χ1n) is 9.24. The van der Waals surface area contributed by atoms with Gasteiger partial charge in [0.15, 0.2) is 0 Å². The van der Waals surface area contributed by atoms with Gasteiger partial charge in [0.25, 0.3) is 0 Å². The second-order valence-corrected chi connectivity index (χ2v) is 7.52. The predicted molar refractivity (Wildman–Crippen MR) is 97.4 cm³/mol. The molecule has 4 heteroatoms. The molecule has 25 heavy (non-hydrogen) atoms. The van der Waals surface area contributed by atoms with Crippen LogP contribution in [-0.4, -0.2) is 39.7 Å². The second kappa shape index (κ2) is 6.34. The topological polar surface area (TPSA) is 45.5 Å². The van der Waals surface area contributed by atoms with E-state index in [4.69, 9.17) is 0 Å². The first-order valence-corrected chi connectivity index (χ1v) is 9.24. The van der Waals surface area contributed by atoms with E-state index < -0.39 is 0 Å². The smallest absolute Gasteiger partial charge is 0.222 e. The summed E-state index contributed by atoms with van der Waals surface area (Å²) in [5.41, 5.74) is 3.63. The largest absolute Gasteiger partial charge is 0.392 e. The molecular formula is C21H26N2O2. The molecule has 0 radical (unpaired) electrons. The van der Waals surface area contributed by atoms with Crippen molar-refractivity contribution in [2.45, 2.75) is 43.6 Å². The molecule has 1 spiro atoms. The van der Waals surface area contributed by atoms with Gasteiger partial charge in [0, 0.05) is 43.9 Å². The Balaban J connectivity index is 1.40.